The predicted octanol–water partition coefficient (Wildman–Crippen LogP) is 3.40. The van der Waals surface area contributed by atoms with E-state index < -0.39 is 0 Å². The lowest BCUT2D eigenvalue weighted by atomic mass is 10.1. The molecule has 0 bridgehead atoms. The van der Waals surface area contributed by atoms with Gasteiger partial charge in [0, 0.05) is 23.5 Å². The number of fused-ring (bicyclic) bond motifs is 2. The molecule has 2 aliphatic rings. The standard InChI is InChI=1S/C18H18N2O/c21-18(15-5-7-17-14(10-15)8-9-19-17)20-16-6-4-12-2-1-3-13(12)11-16/h4-7,10-11,19H,1-3,8-9H2,(H,20,21). The van der Waals surface area contributed by atoms with Crippen molar-refractivity contribution in [3.05, 3.63) is 58.7 Å². The van der Waals surface area contributed by atoms with Gasteiger partial charge in [0.05, 0.1) is 0 Å². The molecule has 0 aromatic heterocycles. The summed E-state index contributed by atoms with van der Waals surface area (Å²) in [5.41, 5.74) is 6.83. The molecule has 3 nitrogen and oxygen atoms in total. The molecule has 2 N–H and O–H groups in total. The molecule has 0 saturated heterocycles. The Labute approximate surface area is 124 Å². The molecular weight excluding hydrogens is 260 g/mol. The van der Waals surface area contributed by atoms with Crippen LogP contribution in [0.2, 0.25) is 0 Å². The highest BCUT2D eigenvalue weighted by atomic mass is 16.1. The summed E-state index contributed by atoms with van der Waals surface area (Å²) >= 11 is 0. The predicted molar refractivity (Wildman–Crippen MR) is 85.1 cm³/mol. The van der Waals surface area contributed by atoms with E-state index in [1.807, 2.05) is 24.3 Å². The summed E-state index contributed by atoms with van der Waals surface area (Å²) in [5, 5.41) is 6.33. The fourth-order valence-corrected chi connectivity index (χ4v) is 3.30. The second-order valence-corrected chi connectivity index (χ2v) is 5.84. The first kappa shape index (κ1) is 12.5. The van der Waals surface area contributed by atoms with E-state index in [0.29, 0.717) is 0 Å². The Morgan fingerprint density at radius 2 is 1.86 bits per heavy atom. The molecule has 0 spiro atoms. The highest BCUT2D eigenvalue weighted by Crippen LogP contribution is 2.26. The van der Waals surface area contributed by atoms with Gasteiger partial charge in [-0.3, -0.25) is 4.79 Å². The Balaban J connectivity index is 1.55. The van der Waals surface area contributed by atoms with Crippen LogP contribution in [0.1, 0.15) is 33.5 Å². The molecule has 4 rings (SSSR count). The van der Waals surface area contributed by atoms with Crippen molar-refractivity contribution in [1.82, 2.24) is 0 Å². The number of aryl methyl sites for hydroxylation is 2. The Hall–Kier alpha value is -2.29. The molecule has 0 unspecified atom stereocenters. The highest BCUT2D eigenvalue weighted by molar-refractivity contribution is 6.04. The number of carbonyl (C=O) groups is 1. The molecule has 3 heteroatoms. The maximum absolute atomic E-state index is 12.4. The molecule has 2 aromatic rings. The van der Waals surface area contributed by atoms with Crippen LogP contribution >= 0.6 is 0 Å². The van der Waals surface area contributed by atoms with Crippen molar-refractivity contribution in [3.63, 3.8) is 0 Å². The van der Waals surface area contributed by atoms with E-state index in [-0.39, 0.29) is 5.91 Å². The SMILES string of the molecule is O=C(Nc1ccc2c(c1)CCC2)c1ccc2c(c1)CCN2. The number of hydrogen-bond acceptors (Lipinski definition) is 2. The number of rotatable bonds is 2. The van der Waals surface area contributed by atoms with Crippen LogP contribution in [0.5, 0.6) is 0 Å². The second kappa shape index (κ2) is 4.92. The number of carbonyl (C=O) groups excluding carboxylic acids is 1. The highest BCUT2D eigenvalue weighted by Gasteiger charge is 2.15. The Morgan fingerprint density at radius 3 is 2.81 bits per heavy atom. The Kier molecular flexibility index (Phi) is 2.92. The third-order valence-electron chi connectivity index (χ3n) is 4.43. The van der Waals surface area contributed by atoms with Crippen molar-refractivity contribution in [2.75, 3.05) is 17.2 Å². The van der Waals surface area contributed by atoms with Crippen molar-refractivity contribution in [1.29, 1.82) is 0 Å². The van der Waals surface area contributed by atoms with E-state index >= 15 is 0 Å². The summed E-state index contributed by atoms with van der Waals surface area (Å²) in [6.45, 7) is 0.964. The van der Waals surface area contributed by atoms with Crippen LogP contribution in [-0.4, -0.2) is 12.5 Å². The molecule has 21 heavy (non-hydrogen) atoms. The average Bonchev–Trinajstić information content (AvgIpc) is 3.14. The van der Waals surface area contributed by atoms with Gasteiger partial charge in [0.15, 0.2) is 0 Å². The molecule has 0 radical (unpaired) electrons. The summed E-state index contributed by atoms with van der Waals surface area (Å²) in [7, 11) is 0. The van der Waals surface area contributed by atoms with E-state index in [1.54, 1.807) is 0 Å². The third-order valence-corrected chi connectivity index (χ3v) is 4.43. The Bertz CT molecular complexity index is 721. The summed E-state index contributed by atoms with van der Waals surface area (Å²) in [6.07, 6.45) is 4.52. The van der Waals surface area contributed by atoms with Gasteiger partial charge in [-0.25, -0.2) is 0 Å². The molecule has 106 valence electrons. The molecule has 0 saturated carbocycles. The van der Waals surface area contributed by atoms with Gasteiger partial charge in [-0.05, 0) is 72.7 Å². The zero-order valence-electron chi connectivity index (χ0n) is 11.9. The van der Waals surface area contributed by atoms with Crippen molar-refractivity contribution >= 4 is 17.3 Å². The first-order valence-electron chi connectivity index (χ1n) is 7.59. The normalized spacial score (nSPS) is 15.2. The quantitative estimate of drug-likeness (QED) is 0.884. The molecule has 0 fully saturated rings. The lowest BCUT2D eigenvalue weighted by Gasteiger charge is -2.08. The topological polar surface area (TPSA) is 41.1 Å². The summed E-state index contributed by atoms with van der Waals surface area (Å²) in [6, 6.07) is 12.2. The minimum absolute atomic E-state index is 0.0253. The molecule has 1 amide bonds. The van der Waals surface area contributed by atoms with Gasteiger partial charge in [-0.1, -0.05) is 6.07 Å². The molecule has 1 aliphatic carbocycles. The van der Waals surface area contributed by atoms with Gasteiger partial charge >= 0.3 is 0 Å². The molecule has 1 heterocycles. The largest absolute Gasteiger partial charge is 0.384 e. The zero-order valence-corrected chi connectivity index (χ0v) is 11.9. The number of nitrogens with one attached hydrogen (secondary N) is 2. The van der Waals surface area contributed by atoms with Gasteiger partial charge in [0.2, 0.25) is 0 Å². The van der Waals surface area contributed by atoms with Gasteiger partial charge in [-0.2, -0.15) is 0 Å². The number of amides is 1. The van der Waals surface area contributed by atoms with Gasteiger partial charge in [0.25, 0.3) is 5.91 Å². The van der Waals surface area contributed by atoms with Crippen LogP contribution in [0.25, 0.3) is 0 Å². The molecule has 1 aliphatic heterocycles. The van der Waals surface area contributed by atoms with E-state index in [4.69, 9.17) is 0 Å². The number of hydrogen-bond donors (Lipinski definition) is 2. The van der Waals surface area contributed by atoms with Crippen molar-refractivity contribution in [3.8, 4) is 0 Å². The summed E-state index contributed by atoms with van der Waals surface area (Å²) < 4.78 is 0. The fraction of sp³-hybridized carbons (Fsp3) is 0.278. The van der Waals surface area contributed by atoms with Gasteiger partial charge in [-0.15, -0.1) is 0 Å². The lowest BCUT2D eigenvalue weighted by Crippen LogP contribution is -2.12. The fourth-order valence-electron chi connectivity index (χ4n) is 3.30. The van der Waals surface area contributed by atoms with Crippen molar-refractivity contribution in [2.45, 2.75) is 25.7 Å². The smallest absolute Gasteiger partial charge is 0.255 e. The summed E-state index contributed by atoms with van der Waals surface area (Å²) in [5.74, 6) is -0.0253. The van der Waals surface area contributed by atoms with Crippen LogP contribution in [0.4, 0.5) is 11.4 Å². The monoisotopic (exact) mass is 278 g/mol. The van der Waals surface area contributed by atoms with Crippen LogP contribution in [-0.2, 0) is 19.3 Å². The van der Waals surface area contributed by atoms with Crippen LogP contribution in [0.15, 0.2) is 36.4 Å². The maximum atomic E-state index is 12.4. The Morgan fingerprint density at radius 1 is 0.952 bits per heavy atom. The van der Waals surface area contributed by atoms with Gasteiger partial charge in [0.1, 0.15) is 0 Å². The van der Waals surface area contributed by atoms with Crippen LogP contribution < -0.4 is 10.6 Å². The number of anilines is 2. The van der Waals surface area contributed by atoms with E-state index in [9.17, 15) is 4.79 Å². The summed E-state index contributed by atoms with van der Waals surface area (Å²) in [4.78, 5) is 12.4. The third kappa shape index (κ3) is 2.29. The van der Waals surface area contributed by atoms with Crippen molar-refractivity contribution in [2.24, 2.45) is 0 Å². The first-order chi connectivity index (χ1) is 10.3. The zero-order chi connectivity index (χ0) is 14.2. The maximum Gasteiger partial charge on any atom is 0.255 e. The van der Waals surface area contributed by atoms with E-state index in [2.05, 4.69) is 22.8 Å². The molecular formula is C18H18N2O. The van der Waals surface area contributed by atoms with Crippen molar-refractivity contribution < 1.29 is 4.79 Å². The van der Waals surface area contributed by atoms with E-state index in [0.717, 1.165) is 36.3 Å². The lowest BCUT2D eigenvalue weighted by molar-refractivity contribution is 0.102. The molecule has 0 atom stereocenters. The minimum atomic E-state index is -0.0253. The van der Waals surface area contributed by atoms with Crippen LogP contribution in [0, 0.1) is 0 Å². The minimum Gasteiger partial charge on any atom is -0.384 e. The average molecular weight is 278 g/mol. The van der Waals surface area contributed by atoms with Gasteiger partial charge < -0.3 is 10.6 Å². The van der Waals surface area contributed by atoms with Crippen LogP contribution in [0.3, 0.4) is 0 Å². The first-order valence-corrected chi connectivity index (χ1v) is 7.59. The molecule has 2 aromatic carbocycles. The second-order valence-electron chi connectivity index (χ2n) is 5.84. The number of benzene rings is 2. The van der Waals surface area contributed by atoms with E-state index in [1.165, 1.54) is 29.5 Å².